The number of carbonyl (C=O) groups is 1. The number of carbonyl (C=O) groups excluding carboxylic acids is 1. The average Bonchev–Trinajstić information content (AvgIpc) is 2.60. The van der Waals surface area contributed by atoms with Crippen LogP contribution in [0.25, 0.3) is 0 Å². The van der Waals surface area contributed by atoms with Crippen LogP contribution in [0.3, 0.4) is 0 Å². The van der Waals surface area contributed by atoms with E-state index in [-0.39, 0.29) is 5.91 Å². The molecule has 0 aliphatic heterocycles. The molecule has 0 radical (unpaired) electrons. The normalized spacial score (nSPS) is 10.4. The van der Waals surface area contributed by atoms with Gasteiger partial charge in [-0.1, -0.05) is 24.3 Å². The van der Waals surface area contributed by atoms with Gasteiger partial charge in [-0.3, -0.25) is 9.78 Å². The standard InChI is InChI=1S/C21H21N3O/c1-14-8-9-17(12-16(14)3)23-18-10-11-22-20(13-18)21(25)24-19-7-5-4-6-15(19)2/h4-13H,1-3H3,(H,22,23)(H,24,25). The van der Waals surface area contributed by atoms with Gasteiger partial charge in [-0.25, -0.2) is 0 Å². The van der Waals surface area contributed by atoms with Gasteiger partial charge in [-0.2, -0.15) is 0 Å². The lowest BCUT2D eigenvalue weighted by atomic mass is 10.1. The molecule has 126 valence electrons. The van der Waals surface area contributed by atoms with Crippen LogP contribution in [0.5, 0.6) is 0 Å². The van der Waals surface area contributed by atoms with Crippen molar-refractivity contribution in [1.82, 2.24) is 4.98 Å². The van der Waals surface area contributed by atoms with E-state index in [0.29, 0.717) is 5.69 Å². The van der Waals surface area contributed by atoms with Crippen LogP contribution in [0.4, 0.5) is 17.1 Å². The van der Waals surface area contributed by atoms with Gasteiger partial charge in [-0.15, -0.1) is 0 Å². The van der Waals surface area contributed by atoms with Gasteiger partial charge in [-0.05, 0) is 67.8 Å². The fourth-order valence-corrected chi connectivity index (χ4v) is 2.52. The van der Waals surface area contributed by atoms with E-state index >= 15 is 0 Å². The highest BCUT2D eigenvalue weighted by atomic mass is 16.1. The number of aromatic nitrogens is 1. The number of pyridine rings is 1. The summed E-state index contributed by atoms with van der Waals surface area (Å²) in [5, 5.41) is 6.23. The summed E-state index contributed by atoms with van der Waals surface area (Å²) in [6, 6.07) is 17.5. The summed E-state index contributed by atoms with van der Waals surface area (Å²) in [6.07, 6.45) is 1.64. The zero-order valence-corrected chi connectivity index (χ0v) is 14.6. The third kappa shape index (κ3) is 4.04. The maximum absolute atomic E-state index is 12.5. The van der Waals surface area contributed by atoms with Crippen molar-refractivity contribution in [2.45, 2.75) is 20.8 Å². The molecule has 1 heterocycles. The molecule has 1 amide bonds. The Morgan fingerprint density at radius 3 is 2.36 bits per heavy atom. The van der Waals surface area contributed by atoms with Crippen molar-refractivity contribution < 1.29 is 4.79 Å². The number of amides is 1. The van der Waals surface area contributed by atoms with E-state index in [1.54, 1.807) is 12.3 Å². The number of hydrogen-bond acceptors (Lipinski definition) is 3. The minimum atomic E-state index is -0.224. The van der Waals surface area contributed by atoms with E-state index in [0.717, 1.165) is 22.6 Å². The molecule has 2 N–H and O–H groups in total. The third-order valence-electron chi connectivity index (χ3n) is 4.18. The van der Waals surface area contributed by atoms with E-state index in [1.165, 1.54) is 11.1 Å². The molecular formula is C21H21N3O. The van der Waals surface area contributed by atoms with Gasteiger partial charge in [0, 0.05) is 23.3 Å². The lowest BCUT2D eigenvalue weighted by Gasteiger charge is -2.11. The zero-order valence-electron chi connectivity index (χ0n) is 14.6. The Morgan fingerprint density at radius 2 is 1.60 bits per heavy atom. The molecule has 0 spiro atoms. The van der Waals surface area contributed by atoms with Crippen molar-refractivity contribution in [2.75, 3.05) is 10.6 Å². The predicted octanol–water partition coefficient (Wildman–Crippen LogP) is 5.00. The highest BCUT2D eigenvalue weighted by molar-refractivity contribution is 6.03. The van der Waals surface area contributed by atoms with Gasteiger partial charge in [0.25, 0.3) is 5.91 Å². The summed E-state index contributed by atoms with van der Waals surface area (Å²) in [7, 11) is 0. The smallest absolute Gasteiger partial charge is 0.274 e. The fourth-order valence-electron chi connectivity index (χ4n) is 2.52. The fraction of sp³-hybridized carbons (Fsp3) is 0.143. The first-order chi connectivity index (χ1) is 12.0. The minimum Gasteiger partial charge on any atom is -0.355 e. The molecule has 3 rings (SSSR count). The number of benzene rings is 2. The summed E-state index contributed by atoms with van der Waals surface area (Å²) in [6.45, 7) is 6.12. The number of nitrogens with one attached hydrogen (secondary N) is 2. The molecule has 0 atom stereocenters. The van der Waals surface area contributed by atoms with Gasteiger partial charge in [0.15, 0.2) is 0 Å². The Kier molecular flexibility index (Phi) is 4.80. The second-order valence-electron chi connectivity index (χ2n) is 6.12. The number of aryl methyl sites for hydroxylation is 3. The van der Waals surface area contributed by atoms with Gasteiger partial charge in [0.2, 0.25) is 0 Å². The molecule has 25 heavy (non-hydrogen) atoms. The first-order valence-corrected chi connectivity index (χ1v) is 8.20. The van der Waals surface area contributed by atoms with Crippen LogP contribution in [-0.2, 0) is 0 Å². The van der Waals surface area contributed by atoms with Gasteiger partial charge < -0.3 is 10.6 Å². The van der Waals surface area contributed by atoms with Crippen molar-refractivity contribution in [2.24, 2.45) is 0 Å². The van der Waals surface area contributed by atoms with Crippen LogP contribution in [0, 0.1) is 20.8 Å². The zero-order chi connectivity index (χ0) is 17.8. The molecular weight excluding hydrogens is 310 g/mol. The summed E-state index contributed by atoms with van der Waals surface area (Å²) >= 11 is 0. The van der Waals surface area contributed by atoms with Crippen LogP contribution < -0.4 is 10.6 Å². The molecule has 0 saturated carbocycles. The van der Waals surface area contributed by atoms with Crippen molar-refractivity contribution in [1.29, 1.82) is 0 Å². The molecule has 1 aromatic heterocycles. The van der Waals surface area contributed by atoms with Gasteiger partial charge in [0.05, 0.1) is 0 Å². The molecule has 0 aliphatic rings. The first kappa shape index (κ1) is 16.7. The molecule has 0 fully saturated rings. The Bertz CT molecular complexity index is 919. The highest BCUT2D eigenvalue weighted by Crippen LogP contribution is 2.20. The van der Waals surface area contributed by atoms with Crippen molar-refractivity contribution in [3.8, 4) is 0 Å². The van der Waals surface area contributed by atoms with Crippen molar-refractivity contribution in [3.05, 3.63) is 83.2 Å². The molecule has 4 heteroatoms. The van der Waals surface area contributed by atoms with E-state index in [9.17, 15) is 4.79 Å². The second-order valence-corrected chi connectivity index (χ2v) is 6.12. The number of anilines is 3. The maximum atomic E-state index is 12.5. The summed E-state index contributed by atoms with van der Waals surface area (Å²) in [4.78, 5) is 16.7. The Balaban J connectivity index is 1.77. The average molecular weight is 331 g/mol. The molecule has 3 aromatic rings. The van der Waals surface area contributed by atoms with Crippen LogP contribution >= 0.6 is 0 Å². The van der Waals surface area contributed by atoms with Gasteiger partial charge >= 0.3 is 0 Å². The minimum absolute atomic E-state index is 0.224. The van der Waals surface area contributed by atoms with Gasteiger partial charge in [0.1, 0.15) is 5.69 Å². The maximum Gasteiger partial charge on any atom is 0.274 e. The largest absolute Gasteiger partial charge is 0.355 e. The molecule has 0 saturated heterocycles. The second kappa shape index (κ2) is 7.18. The van der Waals surface area contributed by atoms with Crippen molar-refractivity contribution >= 4 is 23.0 Å². The number of rotatable bonds is 4. The Labute approximate surface area is 147 Å². The van der Waals surface area contributed by atoms with Crippen LogP contribution in [0.15, 0.2) is 60.8 Å². The molecule has 0 bridgehead atoms. The highest BCUT2D eigenvalue weighted by Gasteiger charge is 2.10. The summed E-state index contributed by atoms with van der Waals surface area (Å²) in [5.74, 6) is -0.224. The molecule has 2 aromatic carbocycles. The molecule has 0 aliphatic carbocycles. The lowest BCUT2D eigenvalue weighted by Crippen LogP contribution is -2.14. The van der Waals surface area contributed by atoms with Crippen LogP contribution in [-0.4, -0.2) is 10.9 Å². The molecule has 4 nitrogen and oxygen atoms in total. The van der Waals surface area contributed by atoms with Crippen LogP contribution in [0.2, 0.25) is 0 Å². The monoisotopic (exact) mass is 331 g/mol. The quantitative estimate of drug-likeness (QED) is 0.707. The van der Waals surface area contributed by atoms with E-state index < -0.39 is 0 Å². The SMILES string of the molecule is Cc1ccc(Nc2ccnc(C(=O)Nc3ccccc3C)c2)cc1C. The number of hydrogen-bond donors (Lipinski definition) is 2. The molecule has 0 unspecified atom stereocenters. The third-order valence-corrected chi connectivity index (χ3v) is 4.18. The number of nitrogens with zero attached hydrogens (tertiary/aromatic N) is 1. The van der Waals surface area contributed by atoms with E-state index in [2.05, 4.69) is 41.6 Å². The van der Waals surface area contributed by atoms with Crippen LogP contribution in [0.1, 0.15) is 27.2 Å². The first-order valence-electron chi connectivity index (χ1n) is 8.20. The Hall–Kier alpha value is -3.14. The number of para-hydroxylation sites is 1. The lowest BCUT2D eigenvalue weighted by molar-refractivity contribution is 0.102. The van der Waals surface area contributed by atoms with Crippen molar-refractivity contribution in [3.63, 3.8) is 0 Å². The topological polar surface area (TPSA) is 54.0 Å². The summed E-state index contributed by atoms with van der Waals surface area (Å²) in [5.41, 5.74) is 6.46. The summed E-state index contributed by atoms with van der Waals surface area (Å²) < 4.78 is 0. The van der Waals surface area contributed by atoms with E-state index in [1.807, 2.05) is 43.3 Å². The Morgan fingerprint density at radius 1 is 0.840 bits per heavy atom. The van der Waals surface area contributed by atoms with E-state index in [4.69, 9.17) is 0 Å². The predicted molar refractivity (Wildman–Crippen MR) is 103 cm³/mol.